The van der Waals surface area contributed by atoms with Crippen LogP contribution in [0.15, 0.2) is 59.5 Å². The molecule has 2 rings (SSSR count). The molecule has 0 unspecified atom stereocenters. The average Bonchev–Trinajstić information content (AvgIpc) is 2.57. The van der Waals surface area contributed by atoms with Crippen LogP contribution in [0, 0.1) is 0 Å². The van der Waals surface area contributed by atoms with Crippen LogP contribution in [0.5, 0.6) is 0 Å². The van der Waals surface area contributed by atoms with E-state index in [-0.39, 0.29) is 11.3 Å². The summed E-state index contributed by atoms with van der Waals surface area (Å²) in [5, 5.41) is 3.00. The van der Waals surface area contributed by atoms with E-state index in [4.69, 9.17) is 0 Å². The van der Waals surface area contributed by atoms with Crippen molar-refractivity contribution in [2.75, 3.05) is 12.3 Å². The number of thioether (sulfide) groups is 1. The zero-order chi connectivity index (χ0) is 17.4. The molecule has 0 spiro atoms. The monoisotopic (exact) mass is 341 g/mol. The Kier molecular flexibility index (Phi) is 6.92. The number of rotatable bonds is 7. The van der Waals surface area contributed by atoms with Crippen molar-refractivity contribution in [2.24, 2.45) is 0 Å². The van der Waals surface area contributed by atoms with Crippen molar-refractivity contribution in [3.8, 4) is 0 Å². The molecule has 128 valence electrons. The molecule has 2 nitrogen and oxygen atoms in total. The molecule has 0 saturated carbocycles. The summed E-state index contributed by atoms with van der Waals surface area (Å²) >= 11 is 1.77. The van der Waals surface area contributed by atoms with Crippen LogP contribution in [0.4, 0.5) is 0 Å². The second-order valence-electron chi connectivity index (χ2n) is 6.96. The van der Waals surface area contributed by atoms with Crippen molar-refractivity contribution in [1.29, 1.82) is 0 Å². The van der Waals surface area contributed by atoms with Crippen molar-refractivity contribution in [2.45, 2.75) is 43.9 Å². The summed E-state index contributed by atoms with van der Waals surface area (Å²) in [5.74, 6) is 1.03. The summed E-state index contributed by atoms with van der Waals surface area (Å²) in [6.45, 7) is 7.34. The van der Waals surface area contributed by atoms with Gasteiger partial charge in [0.1, 0.15) is 0 Å². The SMILES string of the molecule is CC(C)(C)c1ccc(CCC(=O)NCCSc2ccccc2)cc1. The second kappa shape index (κ2) is 8.93. The summed E-state index contributed by atoms with van der Waals surface area (Å²) in [5.41, 5.74) is 2.72. The highest BCUT2D eigenvalue weighted by molar-refractivity contribution is 7.99. The van der Waals surface area contributed by atoms with Crippen LogP contribution >= 0.6 is 11.8 Å². The van der Waals surface area contributed by atoms with Crippen LogP contribution in [0.3, 0.4) is 0 Å². The number of benzene rings is 2. The lowest BCUT2D eigenvalue weighted by Gasteiger charge is -2.19. The van der Waals surface area contributed by atoms with E-state index in [0.717, 1.165) is 12.2 Å². The molecule has 0 atom stereocenters. The van der Waals surface area contributed by atoms with Gasteiger partial charge in [-0.15, -0.1) is 11.8 Å². The number of carbonyl (C=O) groups is 1. The predicted octanol–water partition coefficient (Wildman–Crippen LogP) is 4.83. The summed E-state index contributed by atoms with van der Waals surface area (Å²) in [6.07, 6.45) is 1.34. The van der Waals surface area contributed by atoms with E-state index in [2.05, 4.69) is 62.5 Å². The Bertz CT molecular complexity index is 629. The van der Waals surface area contributed by atoms with Crippen LogP contribution in [0.25, 0.3) is 0 Å². The average molecular weight is 342 g/mol. The maximum absolute atomic E-state index is 11.9. The largest absolute Gasteiger partial charge is 0.355 e. The number of aryl methyl sites for hydroxylation is 1. The first-order valence-corrected chi connectivity index (χ1v) is 9.48. The summed E-state index contributed by atoms with van der Waals surface area (Å²) in [7, 11) is 0. The Hall–Kier alpha value is -1.74. The molecule has 0 heterocycles. The highest BCUT2D eigenvalue weighted by Crippen LogP contribution is 2.22. The molecule has 0 aliphatic rings. The van der Waals surface area contributed by atoms with Crippen LogP contribution in [0.2, 0.25) is 0 Å². The van der Waals surface area contributed by atoms with E-state index in [9.17, 15) is 4.79 Å². The van der Waals surface area contributed by atoms with Crippen LogP contribution < -0.4 is 5.32 Å². The van der Waals surface area contributed by atoms with E-state index >= 15 is 0 Å². The van der Waals surface area contributed by atoms with Gasteiger partial charge in [0.25, 0.3) is 0 Å². The molecular weight excluding hydrogens is 314 g/mol. The Morgan fingerprint density at radius 3 is 2.29 bits per heavy atom. The molecule has 0 bridgehead atoms. The number of carbonyl (C=O) groups excluding carboxylic acids is 1. The van der Waals surface area contributed by atoms with E-state index in [1.165, 1.54) is 16.0 Å². The zero-order valence-electron chi connectivity index (χ0n) is 14.8. The number of hydrogen-bond acceptors (Lipinski definition) is 2. The third-order valence-electron chi connectivity index (χ3n) is 3.90. The lowest BCUT2D eigenvalue weighted by molar-refractivity contribution is -0.120. The molecule has 1 amide bonds. The predicted molar refractivity (Wildman–Crippen MR) is 104 cm³/mol. The number of nitrogens with one attached hydrogen (secondary N) is 1. The lowest BCUT2D eigenvalue weighted by atomic mass is 9.86. The Labute approximate surface area is 150 Å². The minimum absolute atomic E-state index is 0.128. The van der Waals surface area contributed by atoms with Gasteiger partial charge < -0.3 is 5.32 Å². The van der Waals surface area contributed by atoms with Crippen molar-refractivity contribution in [3.05, 3.63) is 65.7 Å². The number of hydrogen-bond donors (Lipinski definition) is 1. The van der Waals surface area contributed by atoms with Gasteiger partial charge in [-0.1, -0.05) is 63.2 Å². The summed E-state index contributed by atoms with van der Waals surface area (Å²) < 4.78 is 0. The molecule has 0 aromatic heterocycles. The van der Waals surface area contributed by atoms with Gasteiger partial charge in [0.05, 0.1) is 0 Å². The van der Waals surface area contributed by atoms with Gasteiger partial charge in [-0.05, 0) is 35.1 Å². The maximum Gasteiger partial charge on any atom is 0.220 e. The normalized spacial score (nSPS) is 11.3. The van der Waals surface area contributed by atoms with E-state index < -0.39 is 0 Å². The Balaban J connectivity index is 1.66. The summed E-state index contributed by atoms with van der Waals surface area (Å²) in [4.78, 5) is 13.2. The molecule has 2 aromatic rings. The number of amides is 1. The van der Waals surface area contributed by atoms with E-state index in [1.807, 2.05) is 18.2 Å². The first-order chi connectivity index (χ1) is 11.4. The molecule has 0 radical (unpaired) electrons. The molecule has 2 aromatic carbocycles. The quantitative estimate of drug-likeness (QED) is 0.577. The van der Waals surface area contributed by atoms with Crippen molar-refractivity contribution in [3.63, 3.8) is 0 Å². The van der Waals surface area contributed by atoms with Gasteiger partial charge in [0.15, 0.2) is 0 Å². The van der Waals surface area contributed by atoms with Crippen molar-refractivity contribution < 1.29 is 4.79 Å². The first-order valence-electron chi connectivity index (χ1n) is 8.49. The fourth-order valence-electron chi connectivity index (χ4n) is 2.39. The maximum atomic E-state index is 11.9. The van der Waals surface area contributed by atoms with Crippen LogP contribution in [-0.2, 0) is 16.6 Å². The third kappa shape index (κ3) is 6.40. The smallest absolute Gasteiger partial charge is 0.220 e. The minimum atomic E-state index is 0.128. The molecule has 0 aliphatic carbocycles. The standard InChI is InChI=1S/C21H27NOS/c1-21(2,3)18-12-9-17(10-13-18)11-14-20(23)22-15-16-24-19-7-5-4-6-8-19/h4-10,12-13H,11,14-16H2,1-3H3,(H,22,23). The third-order valence-corrected chi connectivity index (χ3v) is 4.91. The van der Waals surface area contributed by atoms with Gasteiger partial charge in [-0.2, -0.15) is 0 Å². The molecule has 24 heavy (non-hydrogen) atoms. The van der Waals surface area contributed by atoms with E-state index in [0.29, 0.717) is 13.0 Å². The highest BCUT2D eigenvalue weighted by atomic mass is 32.2. The fraction of sp³-hybridized carbons (Fsp3) is 0.381. The van der Waals surface area contributed by atoms with Gasteiger partial charge in [-0.25, -0.2) is 0 Å². The van der Waals surface area contributed by atoms with Gasteiger partial charge in [0.2, 0.25) is 5.91 Å². The Morgan fingerprint density at radius 2 is 1.67 bits per heavy atom. The van der Waals surface area contributed by atoms with Crippen molar-refractivity contribution >= 4 is 17.7 Å². The first kappa shape index (κ1) is 18.6. The van der Waals surface area contributed by atoms with Crippen LogP contribution in [-0.4, -0.2) is 18.2 Å². The molecule has 0 saturated heterocycles. The van der Waals surface area contributed by atoms with Crippen molar-refractivity contribution in [1.82, 2.24) is 5.32 Å². The fourth-order valence-corrected chi connectivity index (χ4v) is 3.18. The van der Waals surface area contributed by atoms with Gasteiger partial charge in [0, 0.05) is 23.6 Å². The molecule has 0 aliphatic heterocycles. The molecular formula is C21H27NOS. The van der Waals surface area contributed by atoms with E-state index in [1.54, 1.807) is 11.8 Å². The summed E-state index contributed by atoms with van der Waals surface area (Å²) in [6, 6.07) is 18.9. The van der Waals surface area contributed by atoms with Gasteiger partial charge in [-0.3, -0.25) is 4.79 Å². The molecule has 1 N–H and O–H groups in total. The minimum Gasteiger partial charge on any atom is -0.355 e. The highest BCUT2D eigenvalue weighted by Gasteiger charge is 2.12. The lowest BCUT2D eigenvalue weighted by Crippen LogP contribution is -2.25. The topological polar surface area (TPSA) is 29.1 Å². The molecule has 3 heteroatoms. The Morgan fingerprint density at radius 1 is 1.00 bits per heavy atom. The van der Waals surface area contributed by atoms with Gasteiger partial charge >= 0.3 is 0 Å². The second-order valence-corrected chi connectivity index (χ2v) is 8.13. The van der Waals surface area contributed by atoms with Crippen LogP contribution in [0.1, 0.15) is 38.3 Å². The zero-order valence-corrected chi connectivity index (χ0v) is 15.7. The molecule has 0 fully saturated rings.